The van der Waals surface area contributed by atoms with E-state index in [0.717, 1.165) is 5.56 Å². The Morgan fingerprint density at radius 3 is 2.38 bits per heavy atom. The van der Waals surface area contributed by atoms with Gasteiger partial charge in [-0.15, -0.1) is 0 Å². The van der Waals surface area contributed by atoms with Crippen molar-refractivity contribution in [1.82, 2.24) is 0 Å². The summed E-state index contributed by atoms with van der Waals surface area (Å²) in [6.07, 6.45) is 3.31. The molecular formula is C18H19NO5. The summed E-state index contributed by atoms with van der Waals surface area (Å²) in [5, 5.41) is 22.8. The maximum atomic E-state index is 10.2. The summed E-state index contributed by atoms with van der Waals surface area (Å²) in [6, 6.07) is 10.4. The first-order valence-corrected chi connectivity index (χ1v) is 7.12. The number of benzene rings is 2. The van der Waals surface area contributed by atoms with E-state index in [1.165, 1.54) is 20.3 Å². The molecule has 0 spiro atoms. The first-order chi connectivity index (χ1) is 11.6. The summed E-state index contributed by atoms with van der Waals surface area (Å²) in [5.74, 6) is 1.36. The zero-order valence-corrected chi connectivity index (χ0v) is 13.7. The quantitative estimate of drug-likeness (QED) is 0.483. The molecule has 0 saturated heterocycles. The van der Waals surface area contributed by atoms with Crippen molar-refractivity contribution >= 4 is 11.8 Å². The highest BCUT2D eigenvalue weighted by Crippen LogP contribution is 2.34. The Bertz CT molecular complexity index is 768. The van der Waals surface area contributed by atoms with E-state index in [1.807, 2.05) is 24.3 Å². The Morgan fingerprint density at radius 2 is 1.75 bits per heavy atom. The molecule has 0 radical (unpaired) electrons. The molecule has 0 heterocycles. The lowest BCUT2D eigenvalue weighted by molar-refractivity contribution is 0.319. The van der Waals surface area contributed by atoms with Crippen molar-refractivity contribution in [2.75, 3.05) is 21.3 Å². The molecule has 2 rings (SSSR count). The zero-order valence-electron chi connectivity index (χ0n) is 13.7. The van der Waals surface area contributed by atoms with Crippen molar-refractivity contribution in [1.29, 1.82) is 0 Å². The van der Waals surface area contributed by atoms with Crippen LogP contribution < -0.4 is 14.2 Å². The van der Waals surface area contributed by atoms with Gasteiger partial charge in [-0.1, -0.05) is 23.4 Å². The van der Waals surface area contributed by atoms with Crippen LogP contribution in [0.4, 0.5) is 0 Å². The molecule has 0 aliphatic heterocycles. The van der Waals surface area contributed by atoms with Crippen molar-refractivity contribution in [3.8, 4) is 23.0 Å². The zero-order chi connectivity index (χ0) is 17.5. The predicted octanol–water partition coefficient (Wildman–Crippen LogP) is 3.31. The van der Waals surface area contributed by atoms with Crippen molar-refractivity contribution in [3.05, 3.63) is 53.6 Å². The van der Waals surface area contributed by atoms with Gasteiger partial charge in [0.1, 0.15) is 28.7 Å². The number of rotatable bonds is 6. The number of hydrogen-bond donors (Lipinski definition) is 2. The minimum atomic E-state index is -0.116. The Hall–Kier alpha value is -3.15. The summed E-state index contributed by atoms with van der Waals surface area (Å²) in [7, 11) is 4.53. The number of hydrogen-bond acceptors (Lipinski definition) is 6. The maximum Gasteiger partial charge on any atom is 0.135 e. The molecule has 6 heteroatoms. The van der Waals surface area contributed by atoms with Crippen molar-refractivity contribution in [3.63, 3.8) is 0 Å². The summed E-state index contributed by atoms with van der Waals surface area (Å²) in [6.45, 7) is 0. The van der Waals surface area contributed by atoms with Gasteiger partial charge < -0.3 is 24.5 Å². The summed E-state index contributed by atoms with van der Waals surface area (Å²) >= 11 is 0. The predicted molar refractivity (Wildman–Crippen MR) is 91.6 cm³/mol. The lowest BCUT2D eigenvalue weighted by Crippen LogP contribution is -2.02. The molecule has 2 N–H and O–H groups in total. The van der Waals surface area contributed by atoms with Gasteiger partial charge in [-0.25, -0.2) is 0 Å². The van der Waals surface area contributed by atoms with E-state index in [2.05, 4.69) is 5.16 Å². The number of oxime groups is 1. The topological polar surface area (TPSA) is 80.5 Å². The summed E-state index contributed by atoms with van der Waals surface area (Å²) in [5.41, 5.74) is 1.26. The first-order valence-electron chi connectivity index (χ1n) is 7.12. The van der Waals surface area contributed by atoms with Gasteiger partial charge in [0, 0.05) is 12.1 Å². The number of aromatic hydroxyl groups is 1. The van der Waals surface area contributed by atoms with Crippen LogP contribution in [0.25, 0.3) is 6.08 Å². The van der Waals surface area contributed by atoms with Gasteiger partial charge in [-0.05, 0) is 23.8 Å². The van der Waals surface area contributed by atoms with Crippen LogP contribution in [0.5, 0.6) is 23.0 Å². The van der Waals surface area contributed by atoms with Gasteiger partial charge in [0.25, 0.3) is 0 Å². The number of nitrogens with zero attached hydrogens (tertiary/aromatic N) is 1. The second-order valence-electron chi connectivity index (χ2n) is 4.82. The first kappa shape index (κ1) is 17.2. The fourth-order valence-electron chi connectivity index (χ4n) is 2.20. The van der Waals surface area contributed by atoms with E-state index >= 15 is 0 Å². The molecular weight excluding hydrogens is 310 g/mol. The van der Waals surface area contributed by atoms with Gasteiger partial charge in [-0.2, -0.15) is 0 Å². The van der Waals surface area contributed by atoms with Gasteiger partial charge >= 0.3 is 0 Å². The fraction of sp³-hybridized carbons (Fsp3) is 0.167. The van der Waals surface area contributed by atoms with Crippen LogP contribution in [0.15, 0.2) is 47.6 Å². The summed E-state index contributed by atoms with van der Waals surface area (Å²) in [4.78, 5) is 0. The van der Waals surface area contributed by atoms with Crippen LogP contribution in [0, 0.1) is 0 Å². The third-order valence-corrected chi connectivity index (χ3v) is 3.40. The van der Waals surface area contributed by atoms with Gasteiger partial charge in [0.2, 0.25) is 0 Å². The highest BCUT2D eigenvalue weighted by atomic mass is 16.5. The molecule has 0 aromatic heterocycles. The normalized spacial score (nSPS) is 11.5. The van der Waals surface area contributed by atoms with Crippen LogP contribution in [-0.2, 0) is 0 Å². The van der Waals surface area contributed by atoms with Crippen LogP contribution in [0.1, 0.15) is 11.1 Å². The third kappa shape index (κ3) is 3.78. The molecule has 0 bridgehead atoms. The molecule has 0 aliphatic rings. The third-order valence-electron chi connectivity index (χ3n) is 3.40. The lowest BCUT2D eigenvalue weighted by atomic mass is 10.1. The largest absolute Gasteiger partial charge is 0.507 e. The van der Waals surface area contributed by atoms with Crippen molar-refractivity contribution in [2.45, 2.75) is 0 Å². The molecule has 0 amide bonds. The van der Waals surface area contributed by atoms with Gasteiger partial charge in [0.05, 0.1) is 26.9 Å². The minimum Gasteiger partial charge on any atom is -0.507 e. The average Bonchev–Trinajstić information content (AvgIpc) is 2.62. The monoisotopic (exact) mass is 329 g/mol. The molecule has 6 nitrogen and oxygen atoms in total. The molecule has 0 atom stereocenters. The SMILES string of the molecule is COc1cccc(/C=C/C(=N\O)c2c(O)cc(OC)cc2OC)c1. The number of ether oxygens (including phenoxy) is 3. The van der Waals surface area contributed by atoms with E-state index in [1.54, 1.807) is 25.3 Å². The van der Waals surface area contributed by atoms with Gasteiger partial charge in [-0.3, -0.25) is 0 Å². The van der Waals surface area contributed by atoms with E-state index in [0.29, 0.717) is 17.2 Å². The van der Waals surface area contributed by atoms with Crippen LogP contribution in [-0.4, -0.2) is 37.4 Å². The lowest BCUT2D eigenvalue weighted by Gasteiger charge is -2.12. The van der Waals surface area contributed by atoms with Crippen LogP contribution in [0.3, 0.4) is 0 Å². The fourth-order valence-corrected chi connectivity index (χ4v) is 2.20. The smallest absolute Gasteiger partial charge is 0.135 e. The molecule has 0 unspecified atom stereocenters. The molecule has 2 aromatic rings. The number of phenols is 1. The highest BCUT2D eigenvalue weighted by molar-refractivity contribution is 6.14. The Labute approximate surface area is 140 Å². The number of methoxy groups -OCH3 is 3. The molecule has 0 saturated carbocycles. The van der Waals surface area contributed by atoms with E-state index in [9.17, 15) is 10.3 Å². The Kier molecular flexibility index (Phi) is 5.68. The van der Waals surface area contributed by atoms with Crippen LogP contribution in [0.2, 0.25) is 0 Å². The molecule has 0 aliphatic carbocycles. The Balaban J connectivity index is 2.40. The Morgan fingerprint density at radius 1 is 1.00 bits per heavy atom. The average molecular weight is 329 g/mol. The maximum absolute atomic E-state index is 10.2. The second-order valence-corrected chi connectivity index (χ2v) is 4.82. The molecule has 24 heavy (non-hydrogen) atoms. The van der Waals surface area contributed by atoms with E-state index < -0.39 is 0 Å². The standard InChI is InChI=1S/C18H19NO5/c1-22-13-6-4-5-12(9-13)7-8-15(19-21)18-16(20)10-14(23-2)11-17(18)24-3/h4-11,20-21H,1-3H3/b8-7+,19-15+. The van der Waals surface area contributed by atoms with Gasteiger partial charge in [0.15, 0.2) is 0 Å². The minimum absolute atomic E-state index is 0.116. The molecule has 0 fully saturated rings. The number of allylic oxidation sites excluding steroid dienone is 1. The van der Waals surface area contributed by atoms with Crippen molar-refractivity contribution in [2.24, 2.45) is 5.16 Å². The van der Waals surface area contributed by atoms with Crippen molar-refractivity contribution < 1.29 is 24.5 Å². The van der Waals surface area contributed by atoms with E-state index in [-0.39, 0.29) is 17.0 Å². The van der Waals surface area contributed by atoms with Crippen LogP contribution >= 0.6 is 0 Å². The molecule has 126 valence electrons. The number of phenolic OH excluding ortho intramolecular Hbond substituents is 1. The summed E-state index contributed by atoms with van der Waals surface area (Å²) < 4.78 is 15.5. The second kappa shape index (κ2) is 7.92. The van der Waals surface area contributed by atoms with E-state index in [4.69, 9.17) is 14.2 Å². The highest BCUT2D eigenvalue weighted by Gasteiger charge is 2.16. The molecule has 2 aromatic carbocycles.